The maximum atomic E-state index is 12.2. The van der Waals surface area contributed by atoms with Gasteiger partial charge >= 0.3 is 5.97 Å². The molecule has 21 heavy (non-hydrogen) atoms. The van der Waals surface area contributed by atoms with Crippen LogP contribution in [0.25, 0.3) is 0 Å². The Labute approximate surface area is 131 Å². The Morgan fingerprint density at radius 2 is 1.81 bits per heavy atom. The van der Waals surface area contributed by atoms with Crippen molar-refractivity contribution in [3.8, 4) is 0 Å². The molecule has 0 bridgehead atoms. The van der Waals surface area contributed by atoms with Gasteiger partial charge in [0.2, 0.25) is 0 Å². The summed E-state index contributed by atoms with van der Waals surface area (Å²) < 4.78 is 0. The normalized spacial score (nSPS) is 10.2. The molecule has 0 heterocycles. The number of carboxylic acid groups (broad SMARTS) is 1. The zero-order chi connectivity index (χ0) is 15.6. The van der Waals surface area contributed by atoms with Crippen LogP contribution in [0.3, 0.4) is 0 Å². The number of para-hydroxylation sites is 1. The molecule has 0 fully saturated rings. The van der Waals surface area contributed by atoms with Crippen molar-refractivity contribution >= 4 is 40.8 Å². The van der Waals surface area contributed by atoms with E-state index in [1.807, 2.05) is 0 Å². The van der Waals surface area contributed by atoms with E-state index in [1.165, 1.54) is 24.3 Å². The first-order valence-corrected chi connectivity index (χ1v) is 6.75. The molecule has 0 radical (unpaired) electrons. The maximum absolute atomic E-state index is 12.2. The highest BCUT2D eigenvalue weighted by Crippen LogP contribution is 2.25. The second kappa shape index (κ2) is 6.16. The molecule has 0 aliphatic carbocycles. The first kappa shape index (κ1) is 15.4. The molecule has 0 saturated heterocycles. The average Bonchev–Trinajstić information content (AvgIpc) is 2.43. The van der Waals surface area contributed by atoms with Crippen molar-refractivity contribution in [1.82, 2.24) is 0 Å². The molecular weight excluding hydrogens is 313 g/mol. The number of aryl methyl sites for hydroxylation is 1. The first-order valence-electron chi connectivity index (χ1n) is 5.99. The number of carbonyl (C=O) groups excluding carboxylic acids is 1. The fourth-order valence-corrected chi connectivity index (χ4v) is 2.13. The van der Waals surface area contributed by atoms with Gasteiger partial charge in [-0.3, -0.25) is 4.79 Å². The van der Waals surface area contributed by atoms with E-state index >= 15 is 0 Å². The molecule has 0 atom stereocenters. The smallest absolute Gasteiger partial charge is 0.337 e. The van der Waals surface area contributed by atoms with Gasteiger partial charge in [-0.2, -0.15) is 0 Å². The monoisotopic (exact) mass is 323 g/mol. The van der Waals surface area contributed by atoms with E-state index in [-0.39, 0.29) is 16.3 Å². The van der Waals surface area contributed by atoms with Gasteiger partial charge in [-0.05, 0) is 36.8 Å². The predicted molar refractivity (Wildman–Crippen MR) is 82.6 cm³/mol. The van der Waals surface area contributed by atoms with Crippen LogP contribution in [0.1, 0.15) is 26.3 Å². The molecule has 2 rings (SSSR count). The van der Waals surface area contributed by atoms with E-state index in [0.717, 1.165) is 0 Å². The van der Waals surface area contributed by atoms with Crippen molar-refractivity contribution in [1.29, 1.82) is 0 Å². The van der Waals surface area contributed by atoms with Gasteiger partial charge in [0.25, 0.3) is 5.91 Å². The van der Waals surface area contributed by atoms with Crippen molar-refractivity contribution in [2.75, 3.05) is 5.32 Å². The predicted octanol–water partition coefficient (Wildman–Crippen LogP) is 4.25. The van der Waals surface area contributed by atoms with Crippen LogP contribution < -0.4 is 5.32 Å². The van der Waals surface area contributed by atoms with Crippen LogP contribution in [0.5, 0.6) is 0 Å². The molecule has 108 valence electrons. The van der Waals surface area contributed by atoms with E-state index < -0.39 is 11.9 Å². The molecule has 0 unspecified atom stereocenters. The SMILES string of the molecule is Cc1cccc(C(=O)O)c1NC(=O)c1ccc(Cl)c(Cl)c1. The Morgan fingerprint density at radius 3 is 2.43 bits per heavy atom. The first-order chi connectivity index (χ1) is 9.90. The van der Waals surface area contributed by atoms with Crippen molar-refractivity contribution < 1.29 is 14.7 Å². The van der Waals surface area contributed by atoms with Crippen LogP contribution in [-0.2, 0) is 0 Å². The maximum Gasteiger partial charge on any atom is 0.337 e. The van der Waals surface area contributed by atoms with Crippen LogP contribution >= 0.6 is 23.2 Å². The van der Waals surface area contributed by atoms with Gasteiger partial charge in [0.05, 0.1) is 21.3 Å². The molecule has 0 aliphatic heterocycles. The van der Waals surface area contributed by atoms with Gasteiger partial charge < -0.3 is 10.4 Å². The third-order valence-corrected chi connectivity index (χ3v) is 3.66. The number of anilines is 1. The van der Waals surface area contributed by atoms with Crippen LogP contribution in [-0.4, -0.2) is 17.0 Å². The summed E-state index contributed by atoms with van der Waals surface area (Å²) in [7, 11) is 0. The quantitative estimate of drug-likeness (QED) is 0.887. The van der Waals surface area contributed by atoms with Crippen molar-refractivity contribution in [3.63, 3.8) is 0 Å². The summed E-state index contributed by atoms with van der Waals surface area (Å²) in [6, 6.07) is 9.22. The lowest BCUT2D eigenvalue weighted by Gasteiger charge is -2.11. The second-order valence-electron chi connectivity index (χ2n) is 4.39. The summed E-state index contributed by atoms with van der Waals surface area (Å²) in [5.41, 5.74) is 1.25. The van der Waals surface area contributed by atoms with E-state index in [4.69, 9.17) is 28.3 Å². The number of benzene rings is 2. The lowest BCUT2D eigenvalue weighted by atomic mass is 10.1. The zero-order valence-corrected chi connectivity index (χ0v) is 12.5. The van der Waals surface area contributed by atoms with Gasteiger partial charge in [0.1, 0.15) is 0 Å². The molecule has 0 spiro atoms. The van der Waals surface area contributed by atoms with Gasteiger partial charge in [-0.15, -0.1) is 0 Å². The Kier molecular flexibility index (Phi) is 4.50. The highest BCUT2D eigenvalue weighted by molar-refractivity contribution is 6.42. The molecule has 0 aromatic heterocycles. The Morgan fingerprint density at radius 1 is 1.10 bits per heavy atom. The van der Waals surface area contributed by atoms with E-state index in [0.29, 0.717) is 16.1 Å². The zero-order valence-electron chi connectivity index (χ0n) is 11.0. The summed E-state index contributed by atoms with van der Waals surface area (Å²) in [6.45, 7) is 1.72. The third-order valence-electron chi connectivity index (χ3n) is 2.92. The number of aromatic carboxylic acids is 1. The number of carbonyl (C=O) groups is 2. The number of nitrogens with one attached hydrogen (secondary N) is 1. The van der Waals surface area contributed by atoms with E-state index in [9.17, 15) is 9.59 Å². The number of rotatable bonds is 3. The Bertz CT molecular complexity index is 729. The largest absolute Gasteiger partial charge is 0.478 e. The Hall–Kier alpha value is -2.04. The number of amides is 1. The average molecular weight is 324 g/mol. The minimum atomic E-state index is -1.11. The van der Waals surface area contributed by atoms with Gasteiger partial charge in [-0.1, -0.05) is 35.3 Å². The summed E-state index contributed by atoms with van der Waals surface area (Å²) in [5.74, 6) is -1.56. The molecule has 0 saturated carbocycles. The molecule has 2 N–H and O–H groups in total. The van der Waals surface area contributed by atoms with E-state index in [2.05, 4.69) is 5.32 Å². The van der Waals surface area contributed by atoms with E-state index in [1.54, 1.807) is 19.1 Å². The highest BCUT2D eigenvalue weighted by Gasteiger charge is 2.16. The summed E-state index contributed by atoms with van der Waals surface area (Å²) >= 11 is 11.7. The molecule has 6 heteroatoms. The minimum absolute atomic E-state index is 0.0309. The second-order valence-corrected chi connectivity index (χ2v) is 5.20. The van der Waals surface area contributed by atoms with Crippen LogP contribution in [0.15, 0.2) is 36.4 Å². The number of hydrogen-bond acceptors (Lipinski definition) is 2. The summed E-state index contributed by atoms with van der Waals surface area (Å²) in [5, 5.41) is 12.4. The fourth-order valence-electron chi connectivity index (χ4n) is 1.83. The number of halogens is 2. The summed E-state index contributed by atoms with van der Waals surface area (Å²) in [6.07, 6.45) is 0. The van der Waals surface area contributed by atoms with Crippen LogP contribution in [0.4, 0.5) is 5.69 Å². The van der Waals surface area contributed by atoms with Crippen molar-refractivity contribution in [2.24, 2.45) is 0 Å². The Balaban J connectivity index is 2.36. The highest BCUT2D eigenvalue weighted by atomic mass is 35.5. The molecule has 2 aromatic rings. The number of hydrogen-bond donors (Lipinski definition) is 2. The summed E-state index contributed by atoms with van der Waals surface area (Å²) in [4.78, 5) is 23.4. The molecule has 4 nitrogen and oxygen atoms in total. The van der Waals surface area contributed by atoms with Crippen LogP contribution in [0.2, 0.25) is 10.0 Å². The standard InChI is InChI=1S/C15H11Cl2NO3/c1-8-3-2-4-10(15(20)21)13(8)18-14(19)9-5-6-11(16)12(17)7-9/h2-7H,1H3,(H,18,19)(H,20,21). The molecule has 1 amide bonds. The lowest BCUT2D eigenvalue weighted by molar-refractivity contribution is 0.0698. The molecule has 2 aromatic carbocycles. The lowest BCUT2D eigenvalue weighted by Crippen LogP contribution is -2.16. The van der Waals surface area contributed by atoms with Crippen LogP contribution in [0, 0.1) is 6.92 Å². The van der Waals surface area contributed by atoms with Gasteiger partial charge in [0, 0.05) is 5.56 Å². The fraction of sp³-hybridized carbons (Fsp3) is 0.0667. The van der Waals surface area contributed by atoms with Gasteiger partial charge in [0.15, 0.2) is 0 Å². The van der Waals surface area contributed by atoms with Crippen molar-refractivity contribution in [2.45, 2.75) is 6.92 Å². The third kappa shape index (κ3) is 3.35. The topological polar surface area (TPSA) is 66.4 Å². The number of carboxylic acids is 1. The molecular formula is C15H11Cl2NO3. The molecule has 0 aliphatic rings. The minimum Gasteiger partial charge on any atom is -0.478 e. The van der Waals surface area contributed by atoms with Crippen molar-refractivity contribution in [3.05, 3.63) is 63.1 Å². The van der Waals surface area contributed by atoms with Gasteiger partial charge in [-0.25, -0.2) is 4.79 Å².